The van der Waals surface area contributed by atoms with E-state index in [0.29, 0.717) is 17.9 Å². The summed E-state index contributed by atoms with van der Waals surface area (Å²) >= 11 is 0. The van der Waals surface area contributed by atoms with E-state index in [-0.39, 0.29) is 5.63 Å². The first kappa shape index (κ1) is 16.1. The standard InChI is InChI=1S/C17H20O5/c1-4-6-12-9-16(18)22-15-10-13(7-8-14(12)15)21-11(3)17(19)20-5-2/h7-11H,4-6H2,1-3H3. The molecule has 0 N–H and O–H groups in total. The number of aryl methyl sites for hydroxylation is 1. The van der Waals surface area contributed by atoms with Crippen LogP contribution in [-0.4, -0.2) is 18.7 Å². The molecule has 0 bridgehead atoms. The van der Waals surface area contributed by atoms with Gasteiger partial charge >= 0.3 is 11.6 Å². The van der Waals surface area contributed by atoms with E-state index >= 15 is 0 Å². The van der Waals surface area contributed by atoms with Gasteiger partial charge in [-0.2, -0.15) is 0 Å². The summed E-state index contributed by atoms with van der Waals surface area (Å²) in [5, 5.41) is 0.887. The zero-order valence-electron chi connectivity index (χ0n) is 13.0. The number of rotatable bonds is 6. The molecule has 0 aliphatic heterocycles. The first-order chi connectivity index (χ1) is 10.5. The molecule has 118 valence electrons. The molecule has 5 nitrogen and oxygen atoms in total. The molecule has 5 heteroatoms. The van der Waals surface area contributed by atoms with Crippen LogP contribution in [0.3, 0.4) is 0 Å². The zero-order valence-corrected chi connectivity index (χ0v) is 13.0. The summed E-state index contributed by atoms with van der Waals surface area (Å²) in [6, 6.07) is 6.76. The van der Waals surface area contributed by atoms with Crippen LogP contribution in [0.1, 0.15) is 32.8 Å². The number of hydrogen-bond acceptors (Lipinski definition) is 5. The van der Waals surface area contributed by atoms with E-state index in [0.717, 1.165) is 23.8 Å². The molecule has 0 aliphatic carbocycles. The second-order valence-corrected chi connectivity index (χ2v) is 5.01. The van der Waals surface area contributed by atoms with E-state index in [9.17, 15) is 9.59 Å². The quantitative estimate of drug-likeness (QED) is 0.606. The predicted octanol–water partition coefficient (Wildman–Crippen LogP) is 3.08. The maximum Gasteiger partial charge on any atom is 0.347 e. The van der Waals surface area contributed by atoms with Crippen molar-refractivity contribution in [2.45, 2.75) is 39.7 Å². The number of hydrogen-bond donors (Lipinski definition) is 0. The van der Waals surface area contributed by atoms with Crippen LogP contribution in [0, 0.1) is 0 Å². The number of carbonyl (C=O) groups excluding carboxylic acids is 1. The Morgan fingerprint density at radius 3 is 2.73 bits per heavy atom. The van der Waals surface area contributed by atoms with Gasteiger partial charge in [-0.15, -0.1) is 0 Å². The Hall–Kier alpha value is -2.30. The van der Waals surface area contributed by atoms with Crippen LogP contribution in [0.15, 0.2) is 33.5 Å². The molecule has 0 radical (unpaired) electrons. The van der Waals surface area contributed by atoms with Gasteiger partial charge in [0.2, 0.25) is 0 Å². The normalized spacial score (nSPS) is 12.1. The molecular formula is C17H20O5. The van der Waals surface area contributed by atoms with E-state index in [4.69, 9.17) is 13.9 Å². The van der Waals surface area contributed by atoms with E-state index in [1.165, 1.54) is 6.07 Å². The van der Waals surface area contributed by atoms with Crippen LogP contribution >= 0.6 is 0 Å². The minimum atomic E-state index is -0.719. The molecule has 1 heterocycles. The smallest absolute Gasteiger partial charge is 0.347 e. The molecule has 22 heavy (non-hydrogen) atoms. The second kappa shape index (κ2) is 7.11. The fraction of sp³-hybridized carbons (Fsp3) is 0.412. The van der Waals surface area contributed by atoms with Gasteiger partial charge in [-0.25, -0.2) is 9.59 Å². The maximum absolute atomic E-state index is 11.6. The van der Waals surface area contributed by atoms with Crippen molar-refractivity contribution in [2.24, 2.45) is 0 Å². The SMILES string of the molecule is CCCc1cc(=O)oc2cc(OC(C)C(=O)OCC)ccc12. The lowest BCUT2D eigenvalue weighted by atomic mass is 10.1. The van der Waals surface area contributed by atoms with Crippen molar-refractivity contribution in [2.75, 3.05) is 6.61 Å². The lowest BCUT2D eigenvalue weighted by Gasteiger charge is -2.14. The lowest BCUT2D eigenvalue weighted by Crippen LogP contribution is -2.26. The van der Waals surface area contributed by atoms with Crippen molar-refractivity contribution in [1.29, 1.82) is 0 Å². The van der Waals surface area contributed by atoms with E-state index < -0.39 is 12.1 Å². The Kier molecular flexibility index (Phi) is 5.20. The highest BCUT2D eigenvalue weighted by atomic mass is 16.6. The molecule has 1 unspecified atom stereocenters. The van der Waals surface area contributed by atoms with Gasteiger partial charge in [-0.1, -0.05) is 13.3 Å². The highest BCUT2D eigenvalue weighted by Crippen LogP contribution is 2.24. The number of carbonyl (C=O) groups is 1. The first-order valence-corrected chi connectivity index (χ1v) is 7.45. The highest BCUT2D eigenvalue weighted by molar-refractivity contribution is 5.82. The van der Waals surface area contributed by atoms with Gasteiger partial charge in [0, 0.05) is 17.5 Å². The molecule has 0 saturated heterocycles. The molecule has 0 saturated carbocycles. The van der Waals surface area contributed by atoms with Crippen LogP contribution in [-0.2, 0) is 16.0 Å². The number of ether oxygens (including phenoxy) is 2. The van der Waals surface area contributed by atoms with Crippen molar-refractivity contribution in [3.8, 4) is 5.75 Å². The monoisotopic (exact) mass is 304 g/mol. The summed E-state index contributed by atoms with van der Waals surface area (Å²) in [6.45, 7) is 5.72. The summed E-state index contributed by atoms with van der Waals surface area (Å²) in [4.78, 5) is 23.2. The molecule has 1 aromatic carbocycles. The van der Waals surface area contributed by atoms with Crippen molar-refractivity contribution in [1.82, 2.24) is 0 Å². The molecule has 2 rings (SSSR count). The minimum absolute atomic E-state index is 0.305. The van der Waals surface area contributed by atoms with Crippen molar-refractivity contribution in [3.63, 3.8) is 0 Å². The Morgan fingerprint density at radius 1 is 1.27 bits per heavy atom. The van der Waals surface area contributed by atoms with Crippen LogP contribution < -0.4 is 10.4 Å². The van der Waals surface area contributed by atoms with E-state index in [1.807, 2.05) is 6.07 Å². The van der Waals surface area contributed by atoms with E-state index in [2.05, 4.69) is 6.92 Å². The van der Waals surface area contributed by atoms with Gasteiger partial charge in [0.1, 0.15) is 11.3 Å². The Bertz CT molecular complexity index is 717. The lowest BCUT2D eigenvalue weighted by molar-refractivity contribution is -0.150. The number of benzene rings is 1. The van der Waals surface area contributed by atoms with Gasteiger partial charge in [0.15, 0.2) is 6.10 Å². The summed E-state index contributed by atoms with van der Waals surface area (Å²) in [7, 11) is 0. The molecule has 0 fully saturated rings. The highest BCUT2D eigenvalue weighted by Gasteiger charge is 2.16. The summed E-state index contributed by atoms with van der Waals surface area (Å²) < 4.78 is 15.7. The Morgan fingerprint density at radius 2 is 2.05 bits per heavy atom. The van der Waals surface area contributed by atoms with Crippen molar-refractivity contribution >= 4 is 16.9 Å². The second-order valence-electron chi connectivity index (χ2n) is 5.01. The Balaban J connectivity index is 2.30. The topological polar surface area (TPSA) is 65.7 Å². The molecule has 1 aromatic heterocycles. The van der Waals surface area contributed by atoms with Crippen molar-refractivity contribution < 1.29 is 18.7 Å². The Labute approximate surface area is 128 Å². The summed E-state index contributed by atoms with van der Waals surface area (Å²) in [6.07, 6.45) is 1.03. The molecule has 0 aliphatic rings. The van der Waals surface area contributed by atoms with Gasteiger partial charge in [-0.3, -0.25) is 0 Å². The molecule has 0 amide bonds. The number of fused-ring (bicyclic) bond motifs is 1. The largest absolute Gasteiger partial charge is 0.479 e. The minimum Gasteiger partial charge on any atom is -0.479 e. The van der Waals surface area contributed by atoms with Crippen LogP contribution in [0.25, 0.3) is 11.0 Å². The fourth-order valence-corrected chi connectivity index (χ4v) is 2.27. The van der Waals surface area contributed by atoms with Crippen molar-refractivity contribution in [3.05, 3.63) is 40.2 Å². The summed E-state index contributed by atoms with van der Waals surface area (Å²) in [5.41, 5.74) is 1.04. The first-order valence-electron chi connectivity index (χ1n) is 7.45. The fourth-order valence-electron chi connectivity index (χ4n) is 2.27. The predicted molar refractivity (Wildman–Crippen MR) is 83.2 cm³/mol. The number of esters is 1. The molecule has 2 aromatic rings. The van der Waals surface area contributed by atoms with Gasteiger partial charge in [0.25, 0.3) is 0 Å². The maximum atomic E-state index is 11.6. The van der Waals surface area contributed by atoms with Crippen LogP contribution in [0.4, 0.5) is 0 Å². The van der Waals surface area contributed by atoms with Crippen LogP contribution in [0.5, 0.6) is 5.75 Å². The summed E-state index contributed by atoms with van der Waals surface area (Å²) in [5.74, 6) is 0.0358. The average Bonchev–Trinajstić information content (AvgIpc) is 2.47. The average molecular weight is 304 g/mol. The molecule has 0 spiro atoms. The third-order valence-corrected chi connectivity index (χ3v) is 3.25. The van der Waals surface area contributed by atoms with Gasteiger partial charge in [-0.05, 0) is 38.0 Å². The third-order valence-electron chi connectivity index (χ3n) is 3.25. The zero-order chi connectivity index (χ0) is 16.1. The van der Waals surface area contributed by atoms with Crippen LogP contribution in [0.2, 0.25) is 0 Å². The molecule has 1 atom stereocenters. The van der Waals surface area contributed by atoms with Gasteiger partial charge in [0.05, 0.1) is 6.61 Å². The third kappa shape index (κ3) is 3.67. The molecular weight excluding hydrogens is 284 g/mol. The van der Waals surface area contributed by atoms with Gasteiger partial charge < -0.3 is 13.9 Å². The van der Waals surface area contributed by atoms with E-state index in [1.54, 1.807) is 26.0 Å².